The average Bonchev–Trinajstić information content (AvgIpc) is 3.24. The van der Waals surface area contributed by atoms with E-state index in [0.29, 0.717) is 12.3 Å². The van der Waals surface area contributed by atoms with Gasteiger partial charge in [-0.25, -0.2) is 0 Å². The van der Waals surface area contributed by atoms with Crippen LogP contribution < -0.4 is 10.6 Å². The Labute approximate surface area is 131 Å². The molecule has 5 nitrogen and oxygen atoms in total. The lowest BCUT2D eigenvalue weighted by Gasteiger charge is -2.14. The maximum Gasteiger partial charge on any atom is 0.227 e. The minimum Gasteiger partial charge on any atom is -0.394 e. The van der Waals surface area contributed by atoms with Crippen LogP contribution in [0.25, 0.3) is 0 Å². The topological polar surface area (TPSA) is 78.4 Å². The van der Waals surface area contributed by atoms with Gasteiger partial charge in [-0.3, -0.25) is 9.59 Å². The summed E-state index contributed by atoms with van der Waals surface area (Å²) in [5.74, 6) is 0.604. The van der Waals surface area contributed by atoms with Crippen LogP contribution in [0.3, 0.4) is 0 Å². The molecule has 0 saturated heterocycles. The normalized spacial score (nSPS) is 21.0. The molecule has 1 fully saturated rings. The molecule has 1 saturated carbocycles. The molecule has 0 bridgehead atoms. The molecule has 0 aliphatic heterocycles. The number of rotatable bonds is 7. The fraction of sp³-hybridized carbons (Fsp3) is 0.529. The van der Waals surface area contributed by atoms with Gasteiger partial charge in [0.15, 0.2) is 0 Å². The van der Waals surface area contributed by atoms with Crippen molar-refractivity contribution in [2.24, 2.45) is 11.8 Å². The largest absolute Gasteiger partial charge is 0.394 e. The van der Waals surface area contributed by atoms with Crippen molar-refractivity contribution in [2.75, 3.05) is 11.9 Å². The first-order valence-corrected chi connectivity index (χ1v) is 7.83. The predicted molar refractivity (Wildman–Crippen MR) is 85.4 cm³/mol. The number of anilines is 1. The molecule has 2 amide bonds. The minimum absolute atomic E-state index is 0.0488. The Kier molecular flexibility index (Phi) is 5.55. The second-order valence-corrected chi connectivity index (χ2v) is 6.04. The summed E-state index contributed by atoms with van der Waals surface area (Å²) in [7, 11) is 0. The van der Waals surface area contributed by atoms with Crippen molar-refractivity contribution in [2.45, 2.75) is 39.2 Å². The highest BCUT2D eigenvalue weighted by Crippen LogP contribution is 2.38. The SMILES string of the molecule is CC[C@H](CO)NC(=O)Cc1ccc(NC(=O)[C@@H]2C[C@@H]2C)cc1. The number of amides is 2. The van der Waals surface area contributed by atoms with Crippen molar-refractivity contribution in [1.82, 2.24) is 5.32 Å². The van der Waals surface area contributed by atoms with Crippen molar-refractivity contribution in [3.63, 3.8) is 0 Å². The van der Waals surface area contributed by atoms with E-state index in [1.807, 2.05) is 31.2 Å². The van der Waals surface area contributed by atoms with Gasteiger partial charge in [0.25, 0.3) is 0 Å². The molecule has 0 spiro atoms. The fourth-order valence-corrected chi connectivity index (χ4v) is 2.37. The second kappa shape index (κ2) is 7.40. The molecule has 3 N–H and O–H groups in total. The number of nitrogens with one attached hydrogen (secondary N) is 2. The van der Waals surface area contributed by atoms with Crippen LogP contribution in [0.4, 0.5) is 5.69 Å². The van der Waals surface area contributed by atoms with Crippen molar-refractivity contribution < 1.29 is 14.7 Å². The van der Waals surface area contributed by atoms with E-state index in [9.17, 15) is 9.59 Å². The molecule has 0 radical (unpaired) electrons. The molecule has 1 aliphatic rings. The van der Waals surface area contributed by atoms with E-state index in [-0.39, 0.29) is 36.8 Å². The Hall–Kier alpha value is -1.88. The monoisotopic (exact) mass is 304 g/mol. The van der Waals surface area contributed by atoms with Crippen molar-refractivity contribution in [1.29, 1.82) is 0 Å². The second-order valence-electron chi connectivity index (χ2n) is 6.04. The van der Waals surface area contributed by atoms with Gasteiger partial charge in [0.1, 0.15) is 0 Å². The van der Waals surface area contributed by atoms with Crippen LogP contribution in [0.5, 0.6) is 0 Å². The van der Waals surface area contributed by atoms with Gasteiger partial charge in [-0.05, 0) is 36.5 Å². The lowest BCUT2D eigenvalue weighted by atomic mass is 10.1. The number of aliphatic hydroxyl groups is 1. The molecule has 0 aromatic heterocycles. The van der Waals surface area contributed by atoms with E-state index in [1.54, 1.807) is 0 Å². The summed E-state index contributed by atoms with van der Waals surface area (Å²) in [5, 5.41) is 14.7. The molecule has 5 heteroatoms. The number of aliphatic hydroxyl groups excluding tert-OH is 1. The van der Waals surface area contributed by atoms with Crippen LogP contribution in [-0.4, -0.2) is 29.6 Å². The minimum atomic E-state index is -0.188. The van der Waals surface area contributed by atoms with E-state index >= 15 is 0 Å². The predicted octanol–water partition coefficient (Wildman–Crippen LogP) is 1.71. The number of hydrogen-bond donors (Lipinski definition) is 3. The smallest absolute Gasteiger partial charge is 0.227 e. The van der Waals surface area contributed by atoms with Crippen molar-refractivity contribution in [3.8, 4) is 0 Å². The highest BCUT2D eigenvalue weighted by atomic mass is 16.3. The van der Waals surface area contributed by atoms with E-state index in [0.717, 1.165) is 17.7 Å². The first-order chi connectivity index (χ1) is 10.5. The highest BCUT2D eigenvalue weighted by molar-refractivity contribution is 5.94. The number of benzene rings is 1. The van der Waals surface area contributed by atoms with Crippen molar-refractivity contribution in [3.05, 3.63) is 29.8 Å². The third kappa shape index (κ3) is 4.56. The number of carbonyl (C=O) groups excluding carboxylic acids is 2. The van der Waals surface area contributed by atoms with Crippen LogP contribution in [0, 0.1) is 11.8 Å². The summed E-state index contributed by atoms with van der Waals surface area (Å²) in [4.78, 5) is 23.7. The Bertz CT molecular complexity index is 523. The summed E-state index contributed by atoms with van der Waals surface area (Å²) in [6, 6.07) is 7.12. The summed E-state index contributed by atoms with van der Waals surface area (Å²) < 4.78 is 0. The standard InChI is InChI=1S/C17H24N2O3/c1-3-13(10-20)18-16(21)9-12-4-6-14(7-5-12)19-17(22)15-8-11(15)2/h4-7,11,13,15,20H,3,8-10H2,1-2H3,(H,18,21)(H,19,22)/t11-,13+,15+/m0/s1. The molecule has 1 aromatic rings. The summed E-state index contributed by atoms with van der Waals surface area (Å²) >= 11 is 0. The molecule has 0 unspecified atom stereocenters. The zero-order chi connectivity index (χ0) is 16.1. The van der Waals surface area contributed by atoms with Crippen LogP contribution in [0.15, 0.2) is 24.3 Å². The van der Waals surface area contributed by atoms with Gasteiger partial charge in [0, 0.05) is 11.6 Å². The third-order valence-electron chi connectivity index (χ3n) is 4.11. The molecule has 1 aromatic carbocycles. The summed E-state index contributed by atoms with van der Waals surface area (Å²) in [6.45, 7) is 3.94. The molecular weight excluding hydrogens is 280 g/mol. The summed E-state index contributed by atoms with van der Waals surface area (Å²) in [5.41, 5.74) is 1.64. The van der Waals surface area contributed by atoms with Gasteiger partial charge in [0.2, 0.25) is 11.8 Å². The van der Waals surface area contributed by atoms with E-state index in [2.05, 4.69) is 17.6 Å². The lowest BCUT2D eigenvalue weighted by molar-refractivity contribution is -0.121. The Morgan fingerprint density at radius 2 is 1.95 bits per heavy atom. The highest BCUT2D eigenvalue weighted by Gasteiger charge is 2.38. The van der Waals surface area contributed by atoms with Gasteiger partial charge >= 0.3 is 0 Å². The molecule has 120 valence electrons. The van der Waals surface area contributed by atoms with Gasteiger partial charge in [-0.1, -0.05) is 26.0 Å². The molecule has 1 aliphatic carbocycles. The Morgan fingerprint density at radius 1 is 1.32 bits per heavy atom. The number of carbonyl (C=O) groups is 2. The molecule has 22 heavy (non-hydrogen) atoms. The number of hydrogen-bond acceptors (Lipinski definition) is 3. The third-order valence-corrected chi connectivity index (χ3v) is 4.11. The van der Waals surface area contributed by atoms with Gasteiger partial charge in [-0.2, -0.15) is 0 Å². The van der Waals surface area contributed by atoms with Crippen LogP contribution >= 0.6 is 0 Å². The lowest BCUT2D eigenvalue weighted by Crippen LogP contribution is -2.37. The fourth-order valence-electron chi connectivity index (χ4n) is 2.37. The quantitative estimate of drug-likeness (QED) is 0.717. The van der Waals surface area contributed by atoms with Gasteiger partial charge < -0.3 is 15.7 Å². The van der Waals surface area contributed by atoms with Crippen LogP contribution in [0.2, 0.25) is 0 Å². The van der Waals surface area contributed by atoms with Gasteiger partial charge in [-0.15, -0.1) is 0 Å². The zero-order valence-corrected chi connectivity index (χ0v) is 13.1. The van der Waals surface area contributed by atoms with Crippen LogP contribution in [-0.2, 0) is 16.0 Å². The van der Waals surface area contributed by atoms with E-state index in [4.69, 9.17) is 5.11 Å². The Morgan fingerprint density at radius 3 is 2.45 bits per heavy atom. The summed E-state index contributed by atoms with van der Waals surface area (Å²) in [6.07, 6.45) is 1.94. The molecule has 3 atom stereocenters. The molecule has 0 heterocycles. The molecule has 2 rings (SSSR count). The maximum absolute atomic E-state index is 11.8. The van der Waals surface area contributed by atoms with E-state index in [1.165, 1.54) is 0 Å². The zero-order valence-electron chi connectivity index (χ0n) is 13.1. The van der Waals surface area contributed by atoms with E-state index < -0.39 is 0 Å². The van der Waals surface area contributed by atoms with Crippen molar-refractivity contribution >= 4 is 17.5 Å². The molecular formula is C17H24N2O3. The van der Waals surface area contributed by atoms with Gasteiger partial charge in [0.05, 0.1) is 19.1 Å². The average molecular weight is 304 g/mol. The van der Waals surface area contributed by atoms with Crippen LogP contribution in [0.1, 0.15) is 32.3 Å². The first-order valence-electron chi connectivity index (χ1n) is 7.83. The Balaban J connectivity index is 1.83. The first kappa shape index (κ1) is 16.5. The maximum atomic E-state index is 11.8.